The summed E-state index contributed by atoms with van der Waals surface area (Å²) in [6.45, 7) is 0. The van der Waals surface area contributed by atoms with Gasteiger partial charge in [0.2, 0.25) is 0 Å². The van der Waals surface area contributed by atoms with Crippen molar-refractivity contribution in [2.75, 3.05) is 0 Å². The second-order valence-electron chi connectivity index (χ2n) is 1.35. The van der Waals surface area contributed by atoms with Gasteiger partial charge in [0.1, 0.15) is 0 Å². The van der Waals surface area contributed by atoms with E-state index >= 15 is 0 Å². The summed E-state index contributed by atoms with van der Waals surface area (Å²) in [5.41, 5.74) is 16.1. The molecule has 0 saturated heterocycles. The summed E-state index contributed by atoms with van der Waals surface area (Å²) in [6.07, 6.45) is -5.33. The first kappa shape index (κ1) is 29.3. The van der Waals surface area contributed by atoms with Crippen LogP contribution in [0.3, 0.4) is 0 Å². The first-order valence-corrected chi connectivity index (χ1v) is 2.87. The summed E-state index contributed by atoms with van der Waals surface area (Å²) in [5.74, 6) is 0. The first-order valence-electron chi connectivity index (χ1n) is 2.87. The molecule has 0 spiro atoms. The van der Waals surface area contributed by atoms with Crippen LogP contribution in [0.2, 0.25) is 0 Å². The maximum Gasteiger partial charge on any atom is 0.402 e. The average molecular weight is 340 g/mol. The molecule has 0 aliphatic carbocycles. The van der Waals surface area contributed by atoms with E-state index in [0.29, 0.717) is 0 Å². The van der Waals surface area contributed by atoms with Gasteiger partial charge in [-0.15, -0.1) is 0 Å². The molecular weight excluding hydrogens is 328 g/mol. The van der Waals surface area contributed by atoms with Crippen LogP contribution < -0.4 is 22.9 Å². The van der Waals surface area contributed by atoms with E-state index in [4.69, 9.17) is 39.6 Å². The minimum atomic E-state index is -1.33. The van der Waals surface area contributed by atoms with Gasteiger partial charge in [0, 0.05) is 21.1 Å². The molecule has 4 amide bonds. The van der Waals surface area contributed by atoms with Gasteiger partial charge in [0.25, 0.3) is 0 Å². The van der Waals surface area contributed by atoms with Crippen LogP contribution in [-0.4, -0.2) is 44.8 Å². The van der Waals surface area contributed by atoms with Gasteiger partial charge in [-0.3, -0.25) is 0 Å². The van der Waals surface area contributed by atoms with E-state index in [-0.39, 0.29) is 21.1 Å². The molecule has 0 radical (unpaired) electrons. The van der Waals surface area contributed by atoms with Crippen molar-refractivity contribution >= 4 is 24.4 Å². The summed E-state index contributed by atoms with van der Waals surface area (Å²) < 4.78 is 0. The molecule has 0 bridgehead atoms. The zero-order valence-electron chi connectivity index (χ0n) is 8.14. The van der Waals surface area contributed by atoms with Crippen LogP contribution in [0.25, 0.3) is 0 Å². The van der Waals surface area contributed by atoms with Gasteiger partial charge in [-0.1, -0.05) is 0 Å². The summed E-state index contributed by atoms with van der Waals surface area (Å²) in [6, 6.07) is 0. The molecule has 17 heavy (non-hydrogen) atoms. The number of primary amides is 4. The van der Waals surface area contributed by atoms with Crippen LogP contribution in [-0.2, 0) is 21.1 Å². The summed E-state index contributed by atoms with van der Waals surface area (Å²) in [5, 5.41) is 28.8. The van der Waals surface area contributed by atoms with Gasteiger partial charge in [0.05, 0.1) is 0 Å². The third-order valence-electron chi connectivity index (χ3n) is 0. The monoisotopic (exact) mass is 342 g/mol. The molecule has 0 aromatic carbocycles. The van der Waals surface area contributed by atoms with Crippen molar-refractivity contribution in [2.45, 2.75) is 0 Å². The maximum absolute atomic E-state index is 8.78. The van der Waals surface area contributed by atoms with Gasteiger partial charge >= 0.3 is 24.4 Å². The number of amides is 4. The standard InChI is InChI=1S/4CH3NO2.Mo/c4*2-1(3)4;/h4*2H2,(H,3,4);. The number of hydrogen-bond donors (Lipinski definition) is 8. The number of rotatable bonds is 0. The quantitative estimate of drug-likeness (QED) is 0.240. The van der Waals surface area contributed by atoms with E-state index < -0.39 is 24.4 Å². The normalized spacial score (nSPS) is 5.65. The van der Waals surface area contributed by atoms with E-state index in [1.807, 2.05) is 0 Å². The molecule has 0 aliphatic heterocycles. The minimum absolute atomic E-state index is 0. The van der Waals surface area contributed by atoms with Crippen LogP contribution in [0.1, 0.15) is 0 Å². The molecule has 0 unspecified atom stereocenters. The van der Waals surface area contributed by atoms with E-state index in [2.05, 4.69) is 22.9 Å². The number of nitrogens with two attached hydrogens (primary N) is 4. The van der Waals surface area contributed by atoms with E-state index in [0.717, 1.165) is 0 Å². The second-order valence-corrected chi connectivity index (χ2v) is 1.35. The fourth-order valence-electron chi connectivity index (χ4n) is 0. The van der Waals surface area contributed by atoms with Crippen molar-refractivity contribution in [3.05, 3.63) is 0 Å². The molecule has 12 N–H and O–H groups in total. The van der Waals surface area contributed by atoms with Gasteiger partial charge < -0.3 is 43.4 Å². The van der Waals surface area contributed by atoms with Gasteiger partial charge in [0.15, 0.2) is 0 Å². The zero-order valence-corrected chi connectivity index (χ0v) is 10.1. The fourth-order valence-corrected chi connectivity index (χ4v) is 0. The Kier molecular flexibility index (Phi) is 40.6. The average Bonchev–Trinajstić information content (AvgIpc) is 1.76. The largest absolute Gasteiger partial charge is 0.465 e. The van der Waals surface area contributed by atoms with Crippen LogP contribution in [0.4, 0.5) is 19.2 Å². The Bertz CT molecular complexity index is 170. The van der Waals surface area contributed by atoms with E-state index in [9.17, 15) is 0 Å². The third-order valence-corrected chi connectivity index (χ3v) is 0. The van der Waals surface area contributed by atoms with Gasteiger partial charge in [-0.25, -0.2) is 19.2 Å². The SMILES string of the molecule is NC(=O)O.NC(=O)O.NC(=O)O.NC(=O)O.[Mo]. The smallest absolute Gasteiger partial charge is 0.402 e. The second kappa shape index (κ2) is 23.5. The Morgan fingerprint density at radius 3 is 0.529 bits per heavy atom. The Labute approximate surface area is 108 Å². The number of carboxylic acid groups (broad SMARTS) is 4. The van der Waals surface area contributed by atoms with Crippen molar-refractivity contribution in [3.63, 3.8) is 0 Å². The predicted molar refractivity (Wildman–Crippen MR) is 48.8 cm³/mol. The molecule has 0 aliphatic rings. The van der Waals surface area contributed by atoms with Crippen molar-refractivity contribution in [1.29, 1.82) is 0 Å². The summed E-state index contributed by atoms with van der Waals surface area (Å²) in [4.78, 5) is 35.1. The molecule has 0 atom stereocenters. The molecule has 0 saturated carbocycles. The minimum Gasteiger partial charge on any atom is -0.465 e. The molecule has 12 nitrogen and oxygen atoms in total. The molecule has 102 valence electrons. The Hall–Kier alpha value is -2.23. The molecule has 0 rings (SSSR count). The number of hydrogen-bond acceptors (Lipinski definition) is 4. The third kappa shape index (κ3) is 383. The molecule has 13 heteroatoms. The molecule has 0 fully saturated rings. The molecule has 0 aromatic heterocycles. The Morgan fingerprint density at radius 2 is 0.529 bits per heavy atom. The number of carbonyl (C=O) groups is 4. The van der Waals surface area contributed by atoms with Crippen LogP contribution in [0.5, 0.6) is 0 Å². The Morgan fingerprint density at radius 1 is 0.529 bits per heavy atom. The summed E-state index contributed by atoms with van der Waals surface area (Å²) >= 11 is 0. The first-order chi connectivity index (χ1) is 6.93. The van der Waals surface area contributed by atoms with Crippen LogP contribution in [0.15, 0.2) is 0 Å². The Balaban J connectivity index is -0.0000000369. The fraction of sp³-hybridized carbons (Fsp3) is 0. The van der Waals surface area contributed by atoms with Crippen LogP contribution >= 0.6 is 0 Å². The summed E-state index contributed by atoms with van der Waals surface area (Å²) in [7, 11) is 0. The molecule has 0 heterocycles. The molecule has 0 aromatic rings. The van der Waals surface area contributed by atoms with Gasteiger partial charge in [-0.05, 0) is 0 Å². The van der Waals surface area contributed by atoms with E-state index in [1.54, 1.807) is 0 Å². The zero-order chi connectivity index (χ0) is 14.3. The van der Waals surface area contributed by atoms with E-state index in [1.165, 1.54) is 0 Å². The van der Waals surface area contributed by atoms with Crippen molar-refractivity contribution < 1.29 is 60.7 Å². The maximum atomic E-state index is 8.78. The predicted octanol–water partition coefficient (Wildman–Crippen LogP) is -1.51. The molecular formula is C4H12MoN4O8. The van der Waals surface area contributed by atoms with Gasteiger partial charge in [-0.2, -0.15) is 0 Å². The van der Waals surface area contributed by atoms with Crippen molar-refractivity contribution in [2.24, 2.45) is 22.9 Å². The van der Waals surface area contributed by atoms with Crippen molar-refractivity contribution in [1.82, 2.24) is 0 Å². The van der Waals surface area contributed by atoms with Crippen LogP contribution in [0, 0.1) is 0 Å². The van der Waals surface area contributed by atoms with Crippen molar-refractivity contribution in [3.8, 4) is 0 Å². The topological polar surface area (TPSA) is 253 Å².